The molecule has 0 spiro atoms. The average Bonchev–Trinajstić information content (AvgIpc) is 3.60. The summed E-state index contributed by atoms with van der Waals surface area (Å²) in [6, 6.07) is 0. The molecule has 0 amide bonds. The van der Waals surface area contributed by atoms with E-state index in [4.69, 9.17) is 5.10 Å². The summed E-state index contributed by atoms with van der Waals surface area (Å²) < 4.78 is 0. The number of nitrogens with zero attached hydrogens (tertiary/aromatic N) is 4. The highest BCUT2D eigenvalue weighted by atomic mass is 16.3. The van der Waals surface area contributed by atoms with E-state index in [0.717, 1.165) is 76.6 Å². The van der Waals surface area contributed by atoms with Crippen molar-refractivity contribution in [2.45, 2.75) is 77.2 Å². The van der Waals surface area contributed by atoms with Gasteiger partial charge in [0, 0.05) is 36.3 Å². The molecule has 5 N–H and O–H groups in total. The number of hydrazone groups is 2. The Morgan fingerprint density at radius 3 is 2.46 bits per heavy atom. The van der Waals surface area contributed by atoms with Crippen LogP contribution in [0, 0.1) is 34.5 Å². The predicted molar refractivity (Wildman–Crippen MR) is 139 cm³/mol. The van der Waals surface area contributed by atoms with Crippen molar-refractivity contribution in [3.8, 4) is 0 Å². The van der Waals surface area contributed by atoms with E-state index in [0.29, 0.717) is 29.1 Å². The molecule has 4 fully saturated rings. The maximum absolute atomic E-state index is 12.3. The smallest absolute Gasteiger partial charge is 0.212 e. The van der Waals surface area contributed by atoms with Crippen LogP contribution in [0.25, 0.3) is 0 Å². The SMILES string of the molecule is C[C@]12CC/C(=N\NC3=NCCN3)C[C@H]1CC[C@@H]1[C@@H]2CC[C@]2(C)[C@@H](/C=N/NC3=NCCN3)CC[C@]12O. The van der Waals surface area contributed by atoms with Gasteiger partial charge in [0.15, 0.2) is 0 Å². The Kier molecular flexibility index (Phi) is 5.81. The Bertz CT molecular complexity index is 961. The monoisotopic (exact) mass is 482 g/mol. The first-order valence-electron chi connectivity index (χ1n) is 13.8. The summed E-state index contributed by atoms with van der Waals surface area (Å²) >= 11 is 0. The molecular formula is C26H42N8O. The topological polar surface area (TPSA) is 118 Å². The van der Waals surface area contributed by atoms with Crippen molar-refractivity contribution in [1.29, 1.82) is 0 Å². The normalized spacial score (nSPS) is 45.7. The van der Waals surface area contributed by atoms with Gasteiger partial charge in [-0.15, -0.1) is 0 Å². The standard InChI is InChI=1S/C26H42N8O/c1-24-8-6-19(32-34-23-29-13-14-30-23)15-17(24)3-4-21-20(24)7-9-25(2)18(5-10-26(21,25)35)16-31-33-22-27-11-12-28-22/h16-18,20-21,35H,3-15H2,1-2H3,(H2,27,28,33)(H2,29,30,34)/b31-16+,32-19+/t17-,18-,20+,21-,24+,25-,26+/m1/s1. The molecule has 9 heteroatoms. The summed E-state index contributed by atoms with van der Waals surface area (Å²) in [5.74, 6) is 3.52. The molecule has 35 heavy (non-hydrogen) atoms. The summed E-state index contributed by atoms with van der Waals surface area (Å²) in [5.41, 5.74) is 7.10. The minimum Gasteiger partial charge on any atom is -0.389 e. The van der Waals surface area contributed by atoms with E-state index in [1.54, 1.807) is 0 Å². The molecule has 0 aromatic rings. The zero-order valence-corrected chi connectivity index (χ0v) is 21.3. The minimum atomic E-state index is -0.591. The summed E-state index contributed by atoms with van der Waals surface area (Å²) in [6.07, 6.45) is 11.9. The van der Waals surface area contributed by atoms with Crippen LogP contribution in [-0.4, -0.2) is 60.7 Å². The molecule has 6 aliphatic rings. The zero-order chi connectivity index (χ0) is 24.1. The van der Waals surface area contributed by atoms with Gasteiger partial charge >= 0.3 is 0 Å². The van der Waals surface area contributed by atoms with E-state index in [-0.39, 0.29) is 5.41 Å². The van der Waals surface area contributed by atoms with Crippen molar-refractivity contribution in [1.82, 2.24) is 21.5 Å². The highest BCUT2D eigenvalue weighted by Crippen LogP contribution is 2.68. The molecule has 2 heterocycles. The summed E-state index contributed by atoms with van der Waals surface area (Å²) in [6.45, 7) is 8.27. The van der Waals surface area contributed by atoms with Gasteiger partial charge in [0.05, 0.1) is 18.7 Å². The van der Waals surface area contributed by atoms with Gasteiger partial charge in [0.2, 0.25) is 11.9 Å². The second kappa shape index (κ2) is 8.75. The van der Waals surface area contributed by atoms with E-state index in [2.05, 4.69) is 56.6 Å². The van der Waals surface area contributed by atoms with Crippen LogP contribution in [-0.2, 0) is 0 Å². The molecule has 0 radical (unpaired) electrons. The molecule has 9 nitrogen and oxygen atoms in total. The Hall–Kier alpha value is -2.16. The third-order valence-corrected chi connectivity index (χ3v) is 10.9. The van der Waals surface area contributed by atoms with Crippen LogP contribution in [0.1, 0.15) is 71.6 Å². The lowest BCUT2D eigenvalue weighted by molar-refractivity contribution is -0.198. The Morgan fingerprint density at radius 1 is 0.943 bits per heavy atom. The lowest BCUT2D eigenvalue weighted by atomic mass is 9.43. The molecule has 4 saturated carbocycles. The van der Waals surface area contributed by atoms with Crippen molar-refractivity contribution in [3.05, 3.63) is 0 Å². The van der Waals surface area contributed by atoms with Crippen LogP contribution >= 0.6 is 0 Å². The molecule has 0 unspecified atom stereocenters. The number of hydrogen-bond acceptors (Lipinski definition) is 9. The number of rotatable bonds is 3. The fraction of sp³-hybridized carbons (Fsp3) is 0.846. The highest BCUT2D eigenvalue weighted by Gasteiger charge is 2.66. The Balaban J connectivity index is 1.15. The van der Waals surface area contributed by atoms with Crippen LogP contribution in [0.3, 0.4) is 0 Å². The lowest BCUT2D eigenvalue weighted by Gasteiger charge is -2.63. The van der Waals surface area contributed by atoms with Gasteiger partial charge in [-0.05, 0) is 81.0 Å². The van der Waals surface area contributed by atoms with Crippen molar-refractivity contribution >= 4 is 23.8 Å². The van der Waals surface area contributed by atoms with Gasteiger partial charge in [-0.2, -0.15) is 10.2 Å². The number of guanidine groups is 2. The summed E-state index contributed by atoms with van der Waals surface area (Å²) in [5, 5.41) is 28.0. The van der Waals surface area contributed by atoms with Crippen LogP contribution < -0.4 is 21.5 Å². The number of fused-ring (bicyclic) bond motifs is 5. The quantitative estimate of drug-likeness (QED) is 0.312. The van der Waals surface area contributed by atoms with Crippen molar-refractivity contribution < 1.29 is 5.11 Å². The maximum atomic E-state index is 12.3. The van der Waals surface area contributed by atoms with Gasteiger partial charge in [0.1, 0.15) is 0 Å². The fourth-order valence-electron chi connectivity index (χ4n) is 8.67. The van der Waals surface area contributed by atoms with Gasteiger partial charge in [-0.25, -0.2) is 20.8 Å². The molecule has 0 bridgehead atoms. The minimum absolute atomic E-state index is 0.104. The fourth-order valence-corrected chi connectivity index (χ4v) is 8.67. The first-order valence-corrected chi connectivity index (χ1v) is 13.8. The van der Waals surface area contributed by atoms with Gasteiger partial charge in [-0.1, -0.05) is 13.8 Å². The van der Waals surface area contributed by atoms with Crippen LogP contribution in [0.15, 0.2) is 20.2 Å². The lowest BCUT2D eigenvalue weighted by Crippen LogP contribution is -2.62. The highest BCUT2D eigenvalue weighted by molar-refractivity contribution is 5.88. The third kappa shape index (κ3) is 3.76. The summed E-state index contributed by atoms with van der Waals surface area (Å²) in [7, 11) is 0. The average molecular weight is 483 g/mol. The number of hydrogen-bond donors (Lipinski definition) is 5. The molecule has 0 saturated heterocycles. The number of aliphatic hydroxyl groups is 1. The van der Waals surface area contributed by atoms with Crippen LogP contribution in [0.5, 0.6) is 0 Å². The first kappa shape index (κ1) is 23.3. The van der Waals surface area contributed by atoms with Crippen molar-refractivity contribution in [2.24, 2.45) is 54.7 Å². The third-order valence-electron chi connectivity index (χ3n) is 10.9. The van der Waals surface area contributed by atoms with E-state index in [9.17, 15) is 5.11 Å². The van der Waals surface area contributed by atoms with Crippen molar-refractivity contribution in [3.63, 3.8) is 0 Å². The molecular weight excluding hydrogens is 440 g/mol. The van der Waals surface area contributed by atoms with E-state index < -0.39 is 5.60 Å². The molecule has 4 aliphatic carbocycles. The van der Waals surface area contributed by atoms with Crippen LogP contribution in [0.2, 0.25) is 0 Å². The van der Waals surface area contributed by atoms with Crippen LogP contribution in [0.4, 0.5) is 0 Å². The maximum Gasteiger partial charge on any atom is 0.212 e. The predicted octanol–water partition coefficient (Wildman–Crippen LogP) is 2.20. The van der Waals surface area contributed by atoms with E-state index in [1.807, 2.05) is 0 Å². The van der Waals surface area contributed by atoms with Gasteiger partial charge < -0.3 is 15.7 Å². The Morgan fingerprint density at radius 2 is 1.71 bits per heavy atom. The van der Waals surface area contributed by atoms with E-state index >= 15 is 0 Å². The molecule has 192 valence electrons. The molecule has 7 atom stereocenters. The summed E-state index contributed by atoms with van der Waals surface area (Å²) in [4.78, 5) is 8.76. The largest absolute Gasteiger partial charge is 0.389 e. The first-order chi connectivity index (χ1) is 16.9. The van der Waals surface area contributed by atoms with E-state index in [1.165, 1.54) is 25.0 Å². The second-order valence-electron chi connectivity index (χ2n) is 12.2. The number of nitrogens with one attached hydrogen (secondary N) is 4. The van der Waals surface area contributed by atoms with Gasteiger partial charge in [0.25, 0.3) is 0 Å². The number of aliphatic imine (C=N–C) groups is 2. The Labute approximate surface area is 208 Å². The van der Waals surface area contributed by atoms with Crippen molar-refractivity contribution in [2.75, 3.05) is 26.2 Å². The molecule has 0 aromatic carbocycles. The van der Waals surface area contributed by atoms with Gasteiger partial charge in [-0.3, -0.25) is 0 Å². The second-order valence-corrected chi connectivity index (χ2v) is 12.2. The molecule has 2 aliphatic heterocycles. The molecule has 6 rings (SSSR count). The molecule has 0 aromatic heterocycles. The zero-order valence-electron chi connectivity index (χ0n) is 21.3.